The van der Waals surface area contributed by atoms with Gasteiger partial charge in [0.1, 0.15) is 5.75 Å². The summed E-state index contributed by atoms with van der Waals surface area (Å²) in [6, 6.07) is 7.18. The van der Waals surface area contributed by atoms with Crippen LogP contribution < -0.4 is 10.1 Å². The highest BCUT2D eigenvalue weighted by Crippen LogP contribution is 2.18. The van der Waals surface area contributed by atoms with Crippen molar-refractivity contribution < 1.29 is 9.53 Å². The van der Waals surface area contributed by atoms with Crippen molar-refractivity contribution in [2.24, 2.45) is 0 Å². The standard InChI is InChI=1S/C17H22N2O2S/c1-4-21-14-7-5-13(6-8-14)17(20)18-10-9-16-19-15(11-22-16)12(2)3/h5-8,11-12H,4,9-10H2,1-3H3,(H,18,20). The highest BCUT2D eigenvalue weighted by atomic mass is 32.1. The monoisotopic (exact) mass is 318 g/mol. The quantitative estimate of drug-likeness (QED) is 0.848. The number of benzene rings is 1. The van der Waals surface area contributed by atoms with E-state index in [1.807, 2.05) is 19.1 Å². The van der Waals surface area contributed by atoms with Crippen LogP contribution in [0, 0.1) is 0 Å². The molecule has 1 amide bonds. The number of amides is 1. The van der Waals surface area contributed by atoms with Crippen molar-refractivity contribution >= 4 is 17.2 Å². The molecule has 1 heterocycles. The first-order valence-corrected chi connectivity index (χ1v) is 8.43. The summed E-state index contributed by atoms with van der Waals surface area (Å²) in [6.07, 6.45) is 0.764. The van der Waals surface area contributed by atoms with E-state index in [9.17, 15) is 4.79 Å². The molecular weight excluding hydrogens is 296 g/mol. The molecule has 0 atom stereocenters. The van der Waals surface area contributed by atoms with Gasteiger partial charge >= 0.3 is 0 Å². The number of rotatable bonds is 7. The van der Waals surface area contributed by atoms with Gasteiger partial charge in [-0.15, -0.1) is 11.3 Å². The molecule has 0 aliphatic carbocycles. The molecule has 0 unspecified atom stereocenters. The number of hydrogen-bond donors (Lipinski definition) is 1. The molecule has 118 valence electrons. The van der Waals surface area contributed by atoms with Crippen molar-refractivity contribution in [3.8, 4) is 5.75 Å². The lowest BCUT2D eigenvalue weighted by molar-refractivity contribution is 0.0954. The maximum Gasteiger partial charge on any atom is 0.251 e. The van der Waals surface area contributed by atoms with Crippen LogP contribution in [-0.4, -0.2) is 24.0 Å². The molecule has 0 bridgehead atoms. The molecule has 0 saturated heterocycles. The molecule has 4 nitrogen and oxygen atoms in total. The fourth-order valence-corrected chi connectivity index (χ4v) is 2.92. The van der Waals surface area contributed by atoms with Gasteiger partial charge in [-0.25, -0.2) is 4.98 Å². The lowest BCUT2D eigenvalue weighted by Gasteiger charge is -2.06. The predicted molar refractivity (Wildman–Crippen MR) is 89.9 cm³/mol. The molecule has 22 heavy (non-hydrogen) atoms. The first-order valence-electron chi connectivity index (χ1n) is 7.55. The summed E-state index contributed by atoms with van der Waals surface area (Å²) in [4.78, 5) is 16.6. The van der Waals surface area contributed by atoms with E-state index in [1.165, 1.54) is 0 Å². The Morgan fingerprint density at radius 3 is 2.64 bits per heavy atom. The van der Waals surface area contributed by atoms with Gasteiger partial charge in [-0.1, -0.05) is 13.8 Å². The Bertz CT molecular complexity index is 605. The Hall–Kier alpha value is -1.88. The number of nitrogens with one attached hydrogen (secondary N) is 1. The summed E-state index contributed by atoms with van der Waals surface area (Å²) >= 11 is 1.65. The lowest BCUT2D eigenvalue weighted by atomic mass is 10.2. The van der Waals surface area contributed by atoms with Crippen LogP contribution in [0.4, 0.5) is 0 Å². The van der Waals surface area contributed by atoms with Gasteiger partial charge in [-0.05, 0) is 37.1 Å². The van der Waals surface area contributed by atoms with Crippen molar-refractivity contribution in [1.29, 1.82) is 0 Å². The summed E-state index contributed by atoms with van der Waals surface area (Å²) in [7, 11) is 0. The second kappa shape index (κ2) is 7.94. The average molecular weight is 318 g/mol. The topological polar surface area (TPSA) is 51.2 Å². The number of aromatic nitrogens is 1. The van der Waals surface area contributed by atoms with Crippen LogP contribution in [0.15, 0.2) is 29.6 Å². The van der Waals surface area contributed by atoms with Gasteiger partial charge in [-0.2, -0.15) is 0 Å². The predicted octanol–water partition coefficient (Wildman–Crippen LogP) is 3.64. The molecule has 0 spiro atoms. The van der Waals surface area contributed by atoms with E-state index >= 15 is 0 Å². The average Bonchev–Trinajstić information content (AvgIpc) is 2.97. The van der Waals surface area contributed by atoms with Gasteiger partial charge in [0, 0.05) is 23.9 Å². The van der Waals surface area contributed by atoms with Crippen LogP contribution in [0.2, 0.25) is 0 Å². The van der Waals surface area contributed by atoms with E-state index in [-0.39, 0.29) is 5.91 Å². The molecule has 5 heteroatoms. The third kappa shape index (κ3) is 4.56. The minimum atomic E-state index is -0.0660. The molecule has 2 rings (SSSR count). The lowest BCUT2D eigenvalue weighted by Crippen LogP contribution is -2.25. The third-order valence-corrected chi connectivity index (χ3v) is 4.14. The van der Waals surface area contributed by atoms with Crippen molar-refractivity contribution in [2.75, 3.05) is 13.2 Å². The van der Waals surface area contributed by atoms with Gasteiger partial charge < -0.3 is 10.1 Å². The van der Waals surface area contributed by atoms with Crippen LogP contribution in [0.25, 0.3) is 0 Å². The highest BCUT2D eigenvalue weighted by molar-refractivity contribution is 7.09. The van der Waals surface area contributed by atoms with E-state index in [1.54, 1.807) is 23.5 Å². The molecule has 0 aliphatic heterocycles. The van der Waals surface area contributed by atoms with Gasteiger partial charge in [0.2, 0.25) is 0 Å². The van der Waals surface area contributed by atoms with Crippen LogP contribution in [0.3, 0.4) is 0 Å². The van der Waals surface area contributed by atoms with Gasteiger partial charge in [-0.3, -0.25) is 4.79 Å². The van der Waals surface area contributed by atoms with Crippen LogP contribution >= 0.6 is 11.3 Å². The fourth-order valence-electron chi connectivity index (χ4n) is 1.96. The molecule has 1 aromatic carbocycles. The van der Waals surface area contributed by atoms with E-state index in [2.05, 4.69) is 29.5 Å². The normalized spacial score (nSPS) is 10.7. The number of thiazole rings is 1. The summed E-state index contributed by atoms with van der Waals surface area (Å²) in [5, 5.41) is 6.08. The van der Waals surface area contributed by atoms with Gasteiger partial charge in [0.25, 0.3) is 5.91 Å². The molecule has 0 aliphatic rings. The van der Waals surface area contributed by atoms with Gasteiger partial charge in [0.15, 0.2) is 0 Å². The summed E-state index contributed by atoms with van der Waals surface area (Å²) < 4.78 is 5.36. The SMILES string of the molecule is CCOc1ccc(C(=O)NCCc2nc(C(C)C)cs2)cc1. The van der Waals surface area contributed by atoms with Crippen molar-refractivity contribution in [1.82, 2.24) is 10.3 Å². The smallest absolute Gasteiger partial charge is 0.251 e. The number of carbonyl (C=O) groups is 1. The third-order valence-electron chi connectivity index (χ3n) is 3.21. The summed E-state index contributed by atoms with van der Waals surface area (Å²) in [6.45, 7) is 7.41. The largest absolute Gasteiger partial charge is 0.494 e. The molecule has 1 aromatic heterocycles. The second-order valence-electron chi connectivity index (χ2n) is 5.28. The molecule has 2 aromatic rings. The van der Waals surface area contributed by atoms with E-state index in [0.29, 0.717) is 24.6 Å². The molecule has 0 fully saturated rings. The Morgan fingerprint density at radius 1 is 1.32 bits per heavy atom. The van der Waals surface area contributed by atoms with Crippen LogP contribution in [0.1, 0.15) is 47.7 Å². The molecule has 0 radical (unpaired) electrons. The fraction of sp³-hybridized carbons (Fsp3) is 0.412. The number of nitrogens with zero attached hydrogens (tertiary/aromatic N) is 1. The Labute approximate surface area is 135 Å². The van der Waals surface area contributed by atoms with Crippen molar-refractivity contribution in [2.45, 2.75) is 33.1 Å². The van der Waals surface area contributed by atoms with Crippen LogP contribution in [0.5, 0.6) is 5.75 Å². The van der Waals surface area contributed by atoms with E-state index < -0.39 is 0 Å². The van der Waals surface area contributed by atoms with E-state index in [0.717, 1.165) is 22.9 Å². The maximum absolute atomic E-state index is 12.0. The van der Waals surface area contributed by atoms with Crippen LogP contribution in [-0.2, 0) is 6.42 Å². The zero-order valence-corrected chi connectivity index (χ0v) is 14.1. The minimum absolute atomic E-state index is 0.0660. The molecule has 0 saturated carbocycles. The summed E-state index contributed by atoms with van der Waals surface area (Å²) in [5.41, 5.74) is 1.77. The zero-order chi connectivity index (χ0) is 15.9. The summed E-state index contributed by atoms with van der Waals surface area (Å²) in [5.74, 6) is 1.16. The van der Waals surface area contributed by atoms with Crippen molar-refractivity contribution in [3.05, 3.63) is 45.9 Å². The highest BCUT2D eigenvalue weighted by Gasteiger charge is 2.08. The Morgan fingerprint density at radius 2 is 2.05 bits per heavy atom. The first kappa shape index (κ1) is 16.5. The maximum atomic E-state index is 12.0. The Balaban J connectivity index is 1.81. The molecular formula is C17H22N2O2S. The van der Waals surface area contributed by atoms with E-state index in [4.69, 9.17) is 4.74 Å². The molecule has 1 N–H and O–H groups in total. The zero-order valence-electron chi connectivity index (χ0n) is 13.3. The first-order chi connectivity index (χ1) is 10.6. The number of carbonyl (C=O) groups excluding carboxylic acids is 1. The number of ether oxygens (including phenoxy) is 1. The van der Waals surface area contributed by atoms with Gasteiger partial charge in [0.05, 0.1) is 17.3 Å². The Kier molecular flexibility index (Phi) is 5.95. The minimum Gasteiger partial charge on any atom is -0.494 e. The second-order valence-corrected chi connectivity index (χ2v) is 6.23. The number of hydrogen-bond acceptors (Lipinski definition) is 4. The van der Waals surface area contributed by atoms with Crippen molar-refractivity contribution in [3.63, 3.8) is 0 Å².